The summed E-state index contributed by atoms with van der Waals surface area (Å²) < 4.78 is 26.9. The van der Waals surface area contributed by atoms with Crippen molar-refractivity contribution in [1.82, 2.24) is 4.72 Å². The molecule has 7 heteroatoms. The van der Waals surface area contributed by atoms with Gasteiger partial charge >= 0.3 is 0 Å². The minimum absolute atomic E-state index is 0.0547. The molecule has 0 aliphatic carbocycles. The van der Waals surface area contributed by atoms with Crippen molar-refractivity contribution in [3.63, 3.8) is 0 Å². The molecule has 0 aliphatic heterocycles. The highest BCUT2D eigenvalue weighted by atomic mass is 32.2. The highest BCUT2D eigenvalue weighted by molar-refractivity contribution is 7.89. The summed E-state index contributed by atoms with van der Waals surface area (Å²) in [6.07, 6.45) is -0.898. The van der Waals surface area contributed by atoms with Crippen molar-refractivity contribution in [3.05, 3.63) is 51.7 Å². The van der Waals surface area contributed by atoms with Gasteiger partial charge in [-0.3, -0.25) is 0 Å². The van der Waals surface area contributed by atoms with E-state index in [2.05, 4.69) is 4.72 Å². The molecule has 0 saturated heterocycles. The zero-order valence-electron chi connectivity index (χ0n) is 11.3. The number of thiophene rings is 1. The molecular formula is C14H14N2O3S2. The number of aliphatic hydroxyl groups excluding tert-OH is 1. The quantitative estimate of drug-likeness (QED) is 0.880. The minimum atomic E-state index is -3.77. The number of rotatable bonds is 5. The Kier molecular flexibility index (Phi) is 4.75. The number of sulfonamides is 1. The Morgan fingerprint density at radius 1 is 1.43 bits per heavy atom. The maximum atomic E-state index is 12.3. The Morgan fingerprint density at radius 2 is 2.19 bits per heavy atom. The van der Waals surface area contributed by atoms with Gasteiger partial charge in [-0.1, -0.05) is 6.07 Å². The average molecular weight is 322 g/mol. The van der Waals surface area contributed by atoms with Crippen molar-refractivity contribution in [1.29, 1.82) is 5.26 Å². The number of hydrogen-bond donors (Lipinski definition) is 2. The van der Waals surface area contributed by atoms with Crippen molar-refractivity contribution in [3.8, 4) is 6.07 Å². The van der Waals surface area contributed by atoms with E-state index in [1.807, 2.05) is 11.4 Å². The Morgan fingerprint density at radius 3 is 2.81 bits per heavy atom. The van der Waals surface area contributed by atoms with Gasteiger partial charge < -0.3 is 5.11 Å². The van der Waals surface area contributed by atoms with Gasteiger partial charge in [0.15, 0.2) is 0 Å². The lowest BCUT2D eigenvalue weighted by molar-refractivity contribution is 0.182. The van der Waals surface area contributed by atoms with E-state index in [0.29, 0.717) is 11.1 Å². The Bertz CT molecular complexity index is 762. The molecule has 2 rings (SSSR count). The van der Waals surface area contributed by atoms with Crippen molar-refractivity contribution in [2.75, 3.05) is 6.54 Å². The predicted molar refractivity (Wildman–Crippen MR) is 80.4 cm³/mol. The normalized spacial score (nSPS) is 12.8. The summed E-state index contributed by atoms with van der Waals surface area (Å²) in [4.78, 5) is 0.0547. The lowest BCUT2D eigenvalue weighted by Gasteiger charge is -2.12. The second kappa shape index (κ2) is 6.37. The molecule has 0 aliphatic rings. The van der Waals surface area contributed by atoms with E-state index in [-0.39, 0.29) is 17.0 Å². The van der Waals surface area contributed by atoms with E-state index in [9.17, 15) is 13.5 Å². The van der Waals surface area contributed by atoms with E-state index in [4.69, 9.17) is 5.26 Å². The SMILES string of the molecule is Cc1ccc(C#N)cc1S(=O)(=O)NCC(O)c1ccsc1. The van der Waals surface area contributed by atoms with Crippen LogP contribution in [0.5, 0.6) is 0 Å². The van der Waals surface area contributed by atoms with E-state index in [0.717, 1.165) is 0 Å². The summed E-state index contributed by atoms with van der Waals surface area (Å²) >= 11 is 1.43. The molecule has 0 radical (unpaired) electrons. The predicted octanol–water partition coefficient (Wildman–Crippen LogP) is 1.94. The third-order valence-corrected chi connectivity index (χ3v) is 5.27. The lowest BCUT2D eigenvalue weighted by Crippen LogP contribution is -2.29. The smallest absolute Gasteiger partial charge is 0.240 e. The summed E-state index contributed by atoms with van der Waals surface area (Å²) in [6.45, 7) is 1.54. The summed E-state index contributed by atoms with van der Waals surface area (Å²) in [7, 11) is -3.77. The van der Waals surface area contributed by atoms with Gasteiger partial charge in [-0.05, 0) is 47.0 Å². The fourth-order valence-corrected chi connectivity index (χ4v) is 3.82. The van der Waals surface area contributed by atoms with E-state index >= 15 is 0 Å². The Balaban J connectivity index is 2.17. The van der Waals surface area contributed by atoms with Crippen LogP contribution in [0.15, 0.2) is 39.9 Å². The number of nitriles is 1. The number of benzene rings is 1. The standard InChI is InChI=1S/C14H14N2O3S2/c1-10-2-3-11(7-15)6-14(10)21(18,19)16-8-13(17)12-4-5-20-9-12/h2-6,9,13,16-17H,8H2,1H3. The van der Waals surface area contributed by atoms with Gasteiger partial charge in [-0.15, -0.1) is 0 Å². The molecule has 2 aromatic rings. The average Bonchev–Trinajstić information content (AvgIpc) is 2.99. The van der Waals surface area contributed by atoms with Crippen LogP contribution in [-0.2, 0) is 10.0 Å². The highest BCUT2D eigenvalue weighted by Crippen LogP contribution is 2.19. The fourth-order valence-electron chi connectivity index (χ4n) is 1.81. The van der Waals surface area contributed by atoms with Gasteiger partial charge in [0.1, 0.15) is 0 Å². The molecule has 1 heterocycles. The largest absolute Gasteiger partial charge is 0.387 e. The molecule has 0 bridgehead atoms. The summed E-state index contributed by atoms with van der Waals surface area (Å²) in [5.41, 5.74) is 1.50. The molecule has 0 fully saturated rings. The van der Waals surface area contributed by atoms with Crippen molar-refractivity contribution in [2.45, 2.75) is 17.9 Å². The van der Waals surface area contributed by atoms with Crippen LogP contribution in [0.4, 0.5) is 0 Å². The van der Waals surface area contributed by atoms with Crippen LogP contribution in [0.25, 0.3) is 0 Å². The molecule has 21 heavy (non-hydrogen) atoms. The molecule has 1 aromatic heterocycles. The van der Waals surface area contributed by atoms with Crippen LogP contribution in [0.2, 0.25) is 0 Å². The van der Waals surface area contributed by atoms with Crippen LogP contribution < -0.4 is 4.72 Å². The van der Waals surface area contributed by atoms with Gasteiger partial charge in [0, 0.05) is 6.54 Å². The topological polar surface area (TPSA) is 90.2 Å². The van der Waals surface area contributed by atoms with Gasteiger partial charge in [0.25, 0.3) is 0 Å². The monoisotopic (exact) mass is 322 g/mol. The molecule has 110 valence electrons. The van der Waals surface area contributed by atoms with Crippen LogP contribution in [0.3, 0.4) is 0 Å². The maximum Gasteiger partial charge on any atom is 0.240 e. The summed E-state index contributed by atoms with van der Waals surface area (Å²) in [5, 5.41) is 22.4. The summed E-state index contributed by atoms with van der Waals surface area (Å²) in [6, 6.07) is 8.13. The molecular weight excluding hydrogens is 308 g/mol. The molecule has 5 nitrogen and oxygen atoms in total. The second-order valence-corrected chi connectivity index (χ2v) is 7.03. The highest BCUT2D eigenvalue weighted by Gasteiger charge is 2.19. The first-order valence-electron chi connectivity index (χ1n) is 6.14. The third-order valence-electron chi connectivity index (χ3n) is 3.00. The van der Waals surface area contributed by atoms with Gasteiger partial charge in [-0.2, -0.15) is 16.6 Å². The van der Waals surface area contributed by atoms with Crippen LogP contribution in [-0.4, -0.2) is 20.1 Å². The zero-order chi connectivity index (χ0) is 15.5. The number of hydrogen-bond acceptors (Lipinski definition) is 5. The van der Waals surface area contributed by atoms with Crippen LogP contribution in [0, 0.1) is 18.3 Å². The van der Waals surface area contributed by atoms with Crippen molar-refractivity contribution in [2.24, 2.45) is 0 Å². The van der Waals surface area contributed by atoms with Gasteiger partial charge in [0.05, 0.1) is 22.6 Å². The number of aryl methyl sites for hydroxylation is 1. The maximum absolute atomic E-state index is 12.3. The third kappa shape index (κ3) is 3.68. The summed E-state index contributed by atoms with van der Waals surface area (Å²) in [5.74, 6) is 0. The Labute approximate surface area is 127 Å². The number of nitrogens with zero attached hydrogens (tertiary/aromatic N) is 1. The van der Waals surface area contributed by atoms with E-state index in [1.54, 1.807) is 30.5 Å². The van der Waals surface area contributed by atoms with Crippen LogP contribution >= 0.6 is 11.3 Å². The molecule has 0 amide bonds. The van der Waals surface area contributed by atoms with Crippen molar-refractivity contribution >= 4 is 21.4 Å². The minimum Gasteiger partial charge on any atom is -0.387 e. The molecule has 1 atom stereocenters. The molecule has 0 saturated carbocycles. The molecule has 2 N–H and O–H groups in total. The first kappa shape index (κ1) is 15.7. The van der Waals surface area contributed by atoms with E-state index < -0.39 is 16.1 Å². The van der Waals surface area contributed by atoms with Crippen molar-refractivity contribution < 1.29 is 13.5 Å². The molecule has 0 spiro atoms. The first-order valence-corrected chi connectivity index (χ1v) is 8.57. The lowest BCUT2D eigenvalue weighted by atomic mass is 10.2. The zero-order valence-corrected chi connectivity index (χ0v) is 12.9. The van der Waals surface area contributed by atoms with E-state index in [1.165, 1.54) is 17.4 Å². The molecule has 1 aromatic carbocycles. The number of aliphatic hydroxyl groups is 1. The second-order valence-electron chi connectivity index (χ2n) is 4.52. The molecule has 1 unspecified atom stereocenters. The number of nitrogens with one attached hydrogen (secondary N) is 1. The van der Waals surface area contributed by atoms with Gasteiger partial charge in [-0.25, -0.2) is 13.1 Å². The Hall–Kier alpha value is -1.72. The first-order chi connectivity index (χ1) is 9.94. The fraction of sp³-hybridized carbons (Fsp3) is 0.214. The van der Waals surface area contributed by atoms with Crippen LogP contribution in [0.1, 0.15) is 22.8 Å². The van der Waals surface area contributed by atoms with Gasteiger partial charge in [0.2, 0.25) is 10.0 Å².